The lowest BCUT2D eigenvalue weighted by atomic mass is 10.0. The number of unbranched alkanes of at least 4 members (excludes halogenated alkanes) is 44. The van der Waals surface area contributed by atoms with Crippen molar-refractivity contribution in [1.29, 1.82) is 0 Å². The van der Waals surface area contributed by atoms with E-state index >= 15 is 0 Å². The summed E-state index contributed by atoms with van der Waals surface area (Å²) in [6, 6.07) is 0. The summed E-state index contributed by atoms with van der Waals surface area (Å²) in [5, 5.41) is 10.6. The van der Waals surface area contributed by atoms with Crippen molar-refractivity contribution in [3.8, 4) is 0 Å². The Bertz CT molecular complexity index is 1890. The lowest BCUT2D eigenvalue weighted by Crippen LogP contribution is -2.30. The molecule has 19 heteroatoms. The van der Waals surface area contributed by atoms with Crippen LogP contribution in [-0.4, -0.2) is 96.7 Å². The quantitative estimate of drug-likeness (QED) is 0.0222. The molecule has 0 heterocycles. The minimum atomic E-state index is -4.96. The number of hydrogen-bond acceptors (Lipinski definition) is 15. The van der Waals surface area contributed by atoms with Crippen molar-refractivity contribution < 1.29 is 80.2 Å². The predicted molar refractivity (Wildman–Crippen MR) is 395 cm³/mol. The zero-order chi connectivity index (χ0) is 71.6. The van der Waals surface area contributed by atoms with Crippen LogP contribution in [0.4, 0.5) is 0 Å². The number of phosphoric ester groups is 2. The van der Waals surface area contributed by atoms with E-state index in [-0.39, 0.29) is 25.7 Å². The highest BCUT2D eigenvalue weighted by molar-refractivity contribution is 7.47. The Labute approximate surface area is 594 Å². The van der Waals surface area contributed by atoms with E-state index in [0.717, 1.165) is 114 Å². The minimum absolute atomic E-state index is 0.105. The van der Waals surface area contributed by atoms with Crippen LogP contribution in [0.2, 0.25) is 0 Å². The number of carbonyl (C=O) groups is 4. The summed E-state index contributed by atoms with van der Waals surface area (Å²) in [5.41, 5.74) is 0. The molecule has 17 nitrogen and oxygen atoms in total. The molecule has 0 aliphatic heterocycles. The molecule has 0 aromatic heterocycles. The van der Waals surface area contributed by atoms with Gasteiger partial charge in [0.1, 0.15) is 19.3 Å². The molecule has 5 atom stereocenters. The molecule has 0 bridgehead atoms. The predicted octanol–water partition coefficient (Wildman–Crippen LogP) is 23.0. The third-order valence-electron chi connectivity index (χ3n) is 18.1. The summed E-state index contributed by atoms with van der Waals surface area (Å²) in [7, 11) is -9.90. The molecule has 3 N–H and O–H groups in total. The van der Waals surface area contributed by atoms with Gasteiger partial charge in [0.15, 0.2) is 12.2 Å². The molecule has 0 radical (unpaired) electrons. The third-order valence-corrected chi connectivity index (χ3v) is 20.0. The van der Waals surface area contributed by atoms with E-state index in [1.54, 1.807) is 0 Å². The second kappa shape index (κ2) is 68.5. The average Bonchev–Trinajstić information content (AvgIpc) is 1.36. The summed E-state index contributed by atoms with van der Waals surface area (Å²) in [6.45, 7) is 11.9. The number of ether oxygens (including phenoxy) is 4. The molecular weight excluding hydrogens is 1270 g/mol. The number of rotatable bonds is 76. The molecule has 0 rings (SSSR count). The van der Waals surface area contributed by atoms with E-state index in [1.165, 1.54) is 205 Å². The third kappa shape index (κ3) is 72.2. The second-order valence-electron chi connectivity index (χ2n) is 29.5. The molecule has 2 unspecified atom stereocenters. The molecule has 0 spiro atoms. The summed E-state index contributed by atoms with van der Waals surface area (Å²) in [4.78, 5) is 72.6. The van der Waals surface area contributed by atoms with Gasteiger partial charge in [-0.2, -0.15) is 0 Å². The van der Waals surface area contributed by atoms with Crippen LogP contribution in [-0.2, 0) is 65.4 Å². The Hall–Kier alpha value is -1.94. The minimum Gasteiger partial charge on any atom is -0.462 e. The lowest BCUT2D eigenvalue weighted by molar-refractivity contribution is -0.161. The van der Waals surface area contributed by atoms with Gasteiger partial charge in [0.05, 0.1) is 26.4 Å². The zero-order valence-corrected chi connectivity index (χ0v) is 65.3. The summed E-state index contributed by atoms with van der Waals surface area (Å²) in [5.74, 6) is 0.261. The van der Waals surface area contributed by atoms with Crippen LogP contribution in [0.1, 0.15) is 402 Å². The lowest BCUT2D eigenvalue weighted by Gasteiger charge is -2.21. The topological polar surface area (TPSA) is 237 Å². The summed E-state index contributed by atoms with van der Waals surface area (Å²) >= 11 is 0. The Kier molecular flexibility index (Phi) is 67.1. The van der Waals surface area contributed by atoms with Crippen molar-refractivity contribution in [3.63, 3.8) is 0 Å². The van der Waals surface area contributed by atoms with Gasteiger partial charge >= 0.3 is 39.5 Å². The first-order valence-corrected chi connectivity index (χ1v) is 43.3. The fraction of sp³-hybridized carbons (Fsp3) is 0.949. The van der Waals surface area contributed by atoms with E-state index < -0.39 is 97.5 Å². The number of phosphoric acid groups is 2. The van der Waals surface area contributed by atoms with Crippen LogP contribution in [0.3, 0.4) is 0 Å². The Balaban J connectivity index is 5.13. The fourth-order valence-corrected chi connectivity index (χ4v) is 13.5. The summed E-state index contributed by atoms with van der Waals surface area (Å²) in [6.07, 6.45) is 56.0. The highest BCUT2D eigenvalue weighted by Crippen LogP contribution is 2.45. The Morgan fingerprint density at radius 3 is 0.701 bits per heavy atom. The number of aliphatic hydroxyl groups is 1. The molecule has 0 fully saturated rings. The van der Waals surface area contributed by atoms with Crippen molar-refractivity contribution >= 4 is 39.5 Å². The maximum absolute atomic E-state index is 13.1. The van der Waals surface area contributed by atoms with Crippen LogP contribution in [0.25, 0.3) is 0 Å². The second-order valence-corrected chi connectivity index (χ2v) is 32.4. The van der Waals surface area contributed by atoms with Gasteiger partial charge in [0, 0.05) is 25.7 Å². The number of carbonyl (C=O) groups excluding carboxylic acids is 4. The Morgan fingerprint density at radius 1 is 0.278 bits per heavy atom. The fourth-order valence-electron chi connectivity index (χ4n) is 12.0. The molecule has 0 aromatic rings. The Morgan fingerprint density at radius 2 is 0.474 bits per heavy atom. The van der Waals surface area contributed by atoms with E-state index in [2.05, 4.69) is 48.5 Å². The smallest absolute Gasteiger partial charge is 0.462 e. The van der Waals surface area contributed by atoms with E-state index in [9.17, 15) is 43.2 Å². The molecule has 0 aliphatic rings. The first kappa shape index (κ1) is 95.1. The van der Waals surface area contributed by atoms with Crippen molar-refractivity contribution in [2.24, 2.45) is 17.8 Å². The largest absolute Gasteiger partial charge is 0.472 e. The highest BCUT2D eigenvalue weighted by Gasteiger charge is 2.30. The molecule has 0 aromatic carbocycles. The van der Waals surface area contributed by atoms with Gasteiger partial charge in [-0.3, -0.25) is 37.3 Å². The van der Waals surface area contributed by atoms with Gasteiger partial charge < -0.3 is 33.8 Å². The number of aliphatic hydroxyl groups excluding tert-OH is 1. The standard InChI is InChI=1S/C78H152O17P2/c1-8-9-10-42-52-59-75(80)88-65-73(94-77(82)62-55-48-41-35-29-23-26-32-38-45-51-58-71(6)7)67-92-96(84,85)90-63-72(79)64-91-97(86,87)93-68-74(95-78(83)61-54-47-40-34-28-22-18-14-12-16-20-25-31-37-44-50-57-70(4)5)66-89-76(81)60-53-46-39-33-27-21-17-13-11-15-19-24-30-36-43-49-56-69(2)3/h69-74,79H,8-68H2,1-7H3,(H,84,85)(H,86,87)/t72-,73+,74+/m0/s1. The SMILES string of the molecule is CCCCCCCC(=O)OC[C@H](COP(=O)(O)OC[C@H](O)COP(=O)(O)OC[C@@H](COC(=O)CCCCCCCCCCCCCCCCCCC(C)C)OC(=O)CCCCCCCCCCCCCCCCCCC(C)C)OC(=O)CCCCCCCCCCCCCC(C)C. The molecule has 0 saturated carbocycles. The van der Waals surface area contributed by atoms with Gasteiger partial charge in [-0.1, -0.05) is 350 Å². The zero-order valence-electron chi connectivity index (χ0n) is 63.5. The van der Waals surface area contributed by atoms with E-state index in [1.807, 2.05) is 0 Å². The van der Waals surface area contributed by atoms with Gasteiger partial charge in [0.25, 0.3) is 0 Å². The van der Waals surface area contributed by atoms with E-state index in [4.69, 9.17) is 37.0 Å². The number of hydrogen-bond donors (Lipinski definition) is 3. The first-order valence-electron chi connectivity index (χ1n) is 40.3. The van der Waals surface area contributed by atoms with Gasteiger partial charge in [-0.25, -0.2) is 9.13 Å². The van der Waals surface area contributed by atoms with Gasteiger partial charge in [-0.05, 0) is 43.4 Å². The van der Waals surface area contributed by atoms with Crippen molar-refractivity contribution in [3.05, 3.63) is 0 Å². The van der Waals surface area contributed by atoms with Crippen molar-refractivity contribution in [2.75, 3.05) is 39.6 Å². The highest BCUT2D eigenvalue weighted by atomic mass is 31.2. The molecule has 97 heavy (non-hydrogen) atoms. The van der Waals surface area contributed by atoms with Crippen LogP contribution >= 0.6 is 15.6 Å². The summed E-state index contributed by atoms with van der Waals surface area (Å²) < 4.78 is 68.4. The first-order chi connectivity index (χ1) is 46.7. The van der Waals surface area contributed by atoms with Crippen LogP contribution in [0.5, 0.6) is 0 Å². The van der Waals surface area contributed by atoms with Crippen molar-refractivity contribution in [2.45, 2.75) is 420 Å². The van der Waals surface area contributed by atoms with Gasteiger partial charge in [0.2, 0.25) is 0 Å². The van der Waals surface area contributed by atoms with Crippen LogP contribution in [0.15, 0.2) is 0 Å². The number of esters is 4. The molecule has 0 amide bonds. The molecule has 576 valence electrons. The van der Waals surface area contributed by atoms with Crippen molar-refractivity contribution in [1.82, 2.24) is 0 Å². The molecule has 0 aliphatic carbocycles. The maximum Gasteiger partial charge on any atom is 0.472 e. The molecular formula is C78H152O17P2. The normalized spacial score (nSPS) is 14.0. The monoisotopic (exact) mass is 1420 g/mol. The average molecular weight is 1420 g/mol. The van der Waals surface area contributed by atoms with Gasteiger partial charge in [-0.15, -0.1) is 0 Å². The van der Waals surface area contributed by atoms with E-state index in [0.29, 0.717) is 25.7 Å². The maximum atomic E-state index is 13.1. The van der Waals surface area contributed by atoms with Crippen LogP contribution < -0.4 is 0 Å². The molecule has 0 saturated heterocycles. The van der Waals surface area contributed by atoms with Crippen LogP contribution in [0, 0.1) is 17.8 Å².